The lowest BCUT2D eigenvalue weighted by molar-refractivity contribution is -0.118. The Bertz CT molecular complexity index is 865. The molecular formula is C21H24Cl2N2OS. The molecule has 0 heterocycles. The summed E-state index contributed by atoms with van der Waals surface area (Å²) in [6, 6.07) is 5.17. The molecule has 2 aromatic carbocycles. The molecule has 0 aliphatic carbocycles. The molecule has 1 N–H and O–H groups in total. The molecule has 0 aromatic heterocycles. The molecule has 144 valence electrons. The molecule has 27 heavy (non-hydrogen) atoms. The zero-order valence-corrected chi connectivity index (χ0v) is 18.6. The number of thioether (sulfide) groups is 1. The third-order valence-electron chi connectivity index (χ3n) is 4.98. The number of hydrogen-bond acceptors (Lipinski definition) is 3. The van der Waals surface area contributed by atoms with Gasteiger partial charge in [0.05, 0.1) is 22.0 Å². The third-order valence-corrected chi connectivity index (χ3v) is 6.68. The van der Waals surface area contributed by atoms with Gasteiger partial charge in [-0.15, -0.1) is 11.8 Å². The fourth-order valence-corrected chi connectivity index (χ4v) is 4.14. The fraction of sp³-hybridized carbons (Fsp3) is 0.333. The first kappa shape index (κ1) is 21.8. The maximum atomic E-state index is 12.0. The first-order valence-corrected chi connectivity index (χ1v) is 10.5. The Morgan fingerprint density at radius 1 is 1.00 bits per heavy atom. The van der Waals surface area contributed by atoms with Crippen LogP contribution in [0.1, 0.15) is 38.9 Å². The number of amides is 1. The van der Waals surface area contributed by atoms with E-state index in [1.54, 1.807) is 36.2 Å². The SMILES string of the molecule is Cc1c(C)c(C)c(CSCC(=O)NN=Cc2ccc(Cl)c(Cl)c2)c(C)c1C. The highest BCUT2D eigenvalue weighted by atomic mass is 35.5. The van der Waals surface area contributed by atoms with Gasteiger partial charge in [-0.2, -0.15) is 5.10 Å². The molecule has 0 fully saturated rings. The molecule has 0 spiro atoms. The lowest BCUT2D eigenvalue weighted by Gasteiger charge is -2.18. The molecule has 0 radical (unpaired) electrons. The molecule has 6 heteroatoms. The predicted molar refractivity (Wildman–Crippen MR) is 118 cm³/mol. The molecule has 0 aliphatic rings. The van der Waals surface area contributed by atoms with Crippen molar-refractivity contribution in [2.45, 2.75) is 40.4 Å². The first-order chi connectivity index (χ1) is 12.7. The highest BCUT2D eigenvalue weighted by Gasteiger charge is 2.12. The van der Waals surface area contributed by atoms with E-state index in [0.717, 1.165) is 11.3 Å². The van der Waals surface area contributed by atoms with E-state index in [-0.39, 0.29) is 5.91 Å². The summed E-state index contributed by atoms with van der Waals surface area (Å²) in [5.74, 6) is 1.03. The monoisotopic (exact) mass is 422 g/mol. The van der Waals surface area contributed by atoms with E-state index in [1.165, 1.54) is 33.4 Å². The van der Waals surface area contributed by atoms with Crippen LogP contribution in [0.4, 0.5) is 0 Å². The molecule has 2 rings (SSSR count). The molecule has 1 amide bonds. The Labute approximate surface area is 175 Å². The van der Waals surface area contributed by atoms with Crippen LogP contribution in [-0.4, -0.2) is 17.9 Å². The number of benzene rings is 2. The number of nitrogens with zero attached hydrogens (tertiary/aromatic N) is 1. The smallest absolute Gasteiger partial charge is 0.250 e. The van der Waals surface area contributed by atoms with Gasteiger partial charge < -0.3 is 0 Å². The van der Waals surface area contributed by atoms with Gasteiger partial charge in [0, 0.05) is 5.75 Å². The van der Waals surface area contributed by atoms with Crippen molar-refractivity contribution in [3.8, 4) is 0 Å². The minimum Gasteiger partial charge on any atom is -0.272 e. The number of halogens is 2. The molecule has 0 saturated heterocycles. The average Bonchev–Trinajstić information content (AvgIpc) is 2.64. The maximum absolute atomic E-state index is 12.0. The summed E-state index contributed by atoms with van der Waals surface area (Å²) in [6.07, 6.45) is 1.55. The van der Waals surface area contributed by atoms with Gasteiger partial charge in [-0.3, -0.25) is 4.79 Å². The van der Waals surface area contributed by atoms with Gasteiger partial charge in [0.2, 0.25) is 5.91 Å². The van der Waals surface area contributed by atoms with Crippen molar-refractivity contribution in [2.24, 2.45) is 5.10 Å². The third kappa shape index (κ3) is 5.50. The molecule has 0 saturated carbocycles. The Balaban J connectivity index is 1.90. The fourth-order valence-electron chi connectivity index (χ4n) is 2.84. The molecule has 0 unspecified atom stereocenters. The first-order valence-electron chi connectivity index (χ1n) is 8.63. The van der Waals surface area contributed by atoms with Crippen LogP contribution in [0.2, 0.25) is 10.0 Å². The van der Waals surface area contributed by atoms with Crippen molar-refractivity contribution in [3.05, 3.63) is 67.2 Å². The highest BCUT2D eigenvalue weighted by Crippen LogP contribution is 2.28. The van der Waals surface area contributed by atoms with Crippen LogP contribution in [-0.2, 0) is 10.5 Å². The Morgan fingerprint density at radius 3 is 2.19 bits per heavy atom. The summed E-state index contributed by atoms with van der Waals surface area (Å²) < 4.78 is 0. The summed E-state index contributed by atoms with van der Waals surface area (Å²) in [6.45, 7) is 10.8. The number of nitrogens with one attached hydrogen (secondary N) is 1. The molecule has 0 aliphatic heterocycles. The molecule has 3 nitrogen and oxygen atoms in total. The van der Waals surface area contributed by atoms with Gasteiger partial charge in [-0.05, 0) is 85.7 Å². The topological polar surface area (TPSA) is 41.5 Å². The second-order valence-electron chi connectivity index (χ2n) is 6.56. The number of carbonyl (C=O) groups excluding carboxylic acids is 1. The van der Waals surface area contributed by atoms with Crippen LogP contribution in [0, 0.1) is 34.6 Å². The van der Waals surface area contributed by atoms with Crippen molar-refractivity contribution in [1.82, 2.24) is 5.43 Å². The lowest BCUT2D eigenvalue weighted by Crippen LogP contribution is -2.19. The number of hydrogen-bond donors (Lipinski definition) is 1. The van der Waals surface area contributed by atoms with Crippen LogP contribution in [0.5, 0.6) is 0 Å². The second-order valence-corrected chi connectivity index (χ2v) is 8.36. The summed E-state index contributed by atoms with van der Waals surface area (Å²) >= 11 is 13.4. The normalized spacial score (nSPS) is 11.2. The van der Waals surface area contributed by atoms with E-state index in [9.17, 15) is 4.79 Å². The minimum atomic E-state index is -0.132. The highest BCUT2D eigenvalue weighted by molar-refractivity contribution is 7.99. The van der Waals surface area contributed by atoms with E-state index < -0.39 is 0 Å². The Kier molecular flexibility index (Phi) is 7.78. The van der Waals surface area contributed by atoms with Gasteiger partial charge >= 0.3 is 0 Å². The van der Waals surface area contributed by atoms with Crippen molar-refractivity contribution >= 4 is 47.1 Å². The van der Waals surface area contributed by atoms with Gasteiger partial charge in [0.15, 0.2) is 0 Å². The van der Waals surface area contributed by atoms with E-state index >= 15 is 0 Å². The largest absolute Gasteiger partial charge is 0.272 e. The lowest BCUT2D eigenvalue weighted by atomic mass is 9.90. The zero-order chi connectivity index (χ0) is 20.1. The van der Waals surface area contributed by atoms with Crippen LogP contribution in [0.3, 0.4) is 0 Å². The summed E-state index contributed by atoms with van der Waals surface area (Å²) in [5.41, 5.74) is 11.3. The van der Waals surface area contributed by atoms with E-state index in [1.807, 2.05) is 0 Å². The Morgan fingerprint density at radius 2 is 1.59 bits per heavy atom. The molecular weight excluding hydrogens is 399 g/mol. The van der Waals surface area contributed by atoms with E-state index in [2.05, 4.69) is 45.1 Å². The minimum absolute atomic E-state index is 0.132. The van der Waals surface area contributed by atoms with Crippen molar-refractivity contribution in [2.75, 3.05) is 5.75 Å². The van der Waals surface area contributed by atoms with Crippen molar-refractivity contribution < 1.29 is 4.79 Å². The van der Waals surface area contributed by atoms with Gasteiger partial charge in [-0.1, -0.05) is 29.3 Å². The van der Waals surface area contributed by atoms with Crippen LogP contribution in [0.15, 0.2) is 23.3 Å². The second kappa shape index (κ2) is 9.63. The van der Waals surface area contributed by atoms with Gasteiger partial charge in [0.1, 0.15) is 0 Å². The summed E-state index contributed by atoms with van der Waals surface area (Å²) in [4.78, 5) is 12.0. The Hall–Kier alpha value is -1.49. The maximum Gasteiger partial charge on any atom is 0.250 e. The van der Waals surface area contributed by atoms with E-state index in [0.29, 0.717) is 15.8 Å². The van der Waals surface area contributed by atoms with Crippen LogP contribution in [0.25, 0.3) is 0 Å². The van der Waals surface area contributed by atoms with Crippen LogP contribution < -0.4 is 5.43 Å². The van der Waals surface area contributed by atoms with Crippen molar-refractivity contribution in [1.29, 1.82) is 0 Å². The van der Waals surface area contributed by atoms with Crippen molar-refractivity contribution in [3.63, 3.8) is 0 Å². The molecule has 0 bridgehead atoms. The average molecular weight is 423 g/mol. The van der Waals surface area contributed by atoms with Gasteiger partial charge in [-0.25, -0.2) is 5.43 Å². The zero-order valence-electron chi connectivity index (χ0n) is 16.2. The quantitative estimate of drug-likeness (QED) is 0.463. The number of carbonyl (C=O) groups is 1. The molecule has 2 aromatic rings. The standard InChI is InChI=1S/C21H24Cl2N2OS/c1-12-13(2)15(4)18(16(5)14(12)3)10-27-11-21(26)25-24-9-17-6-7-19(22)20(23)8-17/h6-9H,10-11H2,1-5H3,(H,25,26). The predicted octanol–water partition coefficient (Wildman–Crippen LogP) is 5.92. The summed E-state index contributed by atoms with van der Waals surface area (Å²) in [5, 5.41) is 4.92. The number of hydrazone groups is 1. The summed E-state index contributed by atoms with van der Waals surface area (Å²) in [7, 11) is 0. The van der Waals surface area contributed by atoms with Gasteiger partial charge in [0.25, 0.3) is 0 Å². The molecule has 0 atom stereocenters. The van der Waals surface area contributed by atoms with E-state index in [4.69, 9.17) is 23.2 Å². The number of rotatable bonds is 6. The van der Waals surface area contributed by atoms with Crippen LogP contribution >= 0.6 is 35.0 Å².